The summed E-state index contributed by atoms with van der Waals surface area (Å²) < 4.78 is 8.49. The van der Waals surface area contributed by atoms with E-state index in [-0.39, 0.29) is 0 Å². The van der Waals surface area contributed by atoms with Gasteiger partial charge in [-0.15, -0.1) is 0 Å². The van der Waals surface area contributed by atoms with Crippen LogP contribution in [0.5, 0.6) is 0 Å². The highest BCUT2D eigenvalue weighted by Gasteiger charge is 2.18. The van der Waals surface area contributed by atoms with Crippen LogP contribution in [0, 0.1) is 0 Å². The first-order valence-electron chi connectivity index (χ1n) is 9.81. The molecule has 0 bridgehead atoms. The number of anilines is 2. The number of benzene rings is 3. The lowest BCUT2D eigenvalue weighted by Crippen LogP contribution is -2.21. The van der Waals surface area contributed by atoms with E-state index >= 15 is 0 Å². The van der Waals surface area contributed by atoms with Crippen molar-refractivity contribution in [1.29, 1.82) is 0 Å². The Morgan fingerprint density at radius 2 is 1.38 bits per heavy atom. The third-order valence-electron chi connectivity index (χ3n) is 5.39. The first-order valence-corrected chi connectivity index (χ1v) is 9.81. The standard InChI is InChI=1S/C25H28N3O/c1-26(2)18-9-7-17(8-10-18)25-21-13-11-19(27(3)4)15-23(21)29-24-16-20(28(5)6)12-14-22(24)25/h7-16H,1-6H3/q+1. The summed E-state index contributed by atoms with van der Waals surface area (Å²) in [7, 11) is 12.3. The van der Waals surface area contributed by atoms with Crippen LogP contribution in [0.25, 0.3) is 33.4 Å². The summed E-state index contributed by atoms with van der Waals surface area (Å²) in [4.78, 5) is 4.22. The Morgan fingerprint density at radius 3 is 2.00 bits per heavy atom. The normalized spacial score (nSPS) is 11.1. The van der Waals surface area contributed by atoms with Gasteiger partial charge in [0.1, 0.15) is 25.4 Å². The van der Waals surface area contributed by atoms with Gasteiger partial charge in [0.15, 0.2) is 0 Å². The predicted octanol–water partition coefficient (Wildman–Crippen LogP) is 4.37. The summed E-state index contributed by atoms with van der Waals surface area (Å²) in [6.07, 6.45) is 0. The molecule has 2 aromatic rings. The van der Waals surface area contributed by atoms with Crippen LogP contribution < -0.4 is 19.7 Å². The number of hydrogen-bond donors (Lipinski definition) is 0. The number of nitrogens with zero attached hydrogens (tertiary/aromatic N) is 3. The fourth-order valence-corrected chi connectivity index (χ4v) is 3.66. The molecule has 148 valence electrons. The van der Waals surface area contributed by atoms with Crippen molar-refractivity contribution >= 4 is 22.3 Å². The van der Waals surface area contributed by atoms with Crippen LogP contribution in [0.1, 0.15) is 0 Å². The molecule has 4 rings (SSSR count). The molecule has 2 aromatic carbocycles. The summed E-state index contributed by atoms with van der Waals surface area (Å²) in [5.41, 5.74) is 6.73. The minimum atomic E-state index is 0.895. The molecule has 2 aliphatic rings. The molecule has 0 aromatic heterocycles. The van der Waals surface area contributed by atoms with Crippen LogP contribution in [0.2, 0.25) is 0 Å². The van der Waals surface area contributed by atoms with Gasteiger partial charge in [-0.05, 0) is 35.9 Å². The van der Waals surface area contributed by atoms with E-state index in [2.05, 4.69) is 89.1 Å². The van der Waals surface area contributed by atoms with Crippen molar-refractivity contribution in [2.75, 3.05) is 52.1 Å². The van der Waals surface area contributed by atoms with E-state index in [1.165, 1.54) is 16.8 Å². The topological polar surface area (TPSA) is 22.6 Å². The lowest BCUT2D eigenvalue weighted by atomic mass is 9.93. The maximum atomic E-state index is 6.39. The molecule has 1 aliphatic carbocycles. The van der Waals surface area contributed by atoms with Gasteiger partial charge in [0.25, 0.3) is 0 Å². The van der Waals surface area contributed by atoms with Gasteiger partial charge in [0.2, 0.25) is 5.36 Å². The lowest BCUT2D eigenvalue weighted by molar-refractivity contribution is 0.617. The highest BCUT2D eigenvalue weighted by atomic mass is 16.3. The lowest BCUT2D eigenvalue weighted by Gasteiger charge is -2.18. The molecule has 0 amide bonds. The molecule has 4 heteroatoms. The van der Waals surface area contributed by atoms with E-state index in [1.807, 2.05) is 28.2 Å². The molecule has 0 radical (unpaired) electrons. The molecular formula is C25H28N3O+. The Morgan fingerprint density at radius 1 is 0.724 bits per heavy atom. The van der Waals surface area contributed by atoms with Crippen LogP contribution in [0.4, 0.5) is 11.4 Å². The van der Waals surface area contributed by atoms with Crippen LogP contribution in [-0.2, 0) is 0 Å². The monoisotopic (exact) mass is 386 g/mol. The van der Waals surface area contributed by atoms with E-state index < -0.39 is 0 Å². The Kier molecular flexibility index (Phi) is 4.79. The maximum Gasteiger partial charge on any atom is 0.203 e. The summed E-state index contributed by atoms with van der Waals surface area (Å²) in [5, 5.41) is 2.25. The predicted molar refractivity (Wildman–Crippen MR) is 124 cm³/mol. The maximum absolute atomic E-state index is 6.39. The van der Waals surface area contributed by atoms with Crippen LogP contribution in [-0.4, -0.2) is 42.3 Å². The van der Waals surface area contributed by atoms with Crippen LogP contribution in [0.15, 0.2) is 65.1 Å². The second-order valence-electron chi connectivity index (χ2n) is 8.07. The molecule has 0 saturated heterocycles. The summed E-state index contributed by atoms with van der Waals surface area (Å²) in [6.45, 7) is 0. The molecule has 4 nitrogen and oxygen atoms in total. The third-order valence-corrected chi connectivity index (χ3v) is 5.39. The van der Waals surface area contributed by atoms with Crippen molar-refractivity contribution < 1.29 is 4.42 Å². The van der Waals surface area contributed by atoms with Crippen molar-refractivity contribution in [3.63, 3.8) is 0 Å². The van der Waals surface area contributed by atoms with E-state index in [0.29, 0.717) is 0 Å². The quantitative estimate of drug-likeness (QED) is 0.386. The second-order valence-corrected chi connectivity index (χ2v) is 8.07. The van der Waals surface area contributed by atoms with Gasteiger partial charge >= 0.3 is 0 Å². The average Bonchev–Trinajstić information content (AvgIpc) is 2.71. The number of hydrogen-bond acceptors (Lipinski definition) is 3. The average molecular weight is 387 g/mol. The second kappa shape index (κ2) is 7.28. The van der Waals surface area contributed by atoms with Crippen LogP contribution in [0.3, 0.4) is 0 Å². The largest absolute Gasteiger partial charge is 0.456 e. The zero-order valence-corrected chi connectivity index (χ0v) is 18.0. The molecule has 0 saturated carbocycles. The Hall–Kier alpha value is -3.27. The Labute approximate surface area is 172 Å². The summed E-state index contributed by atoms with van der Waals surface area (Å²) in [6, 6.07) is 21.6. The zero-order valence-electron chi connectivity index (χ0n) is 18.0. The molecule has 29 heavy (non-hydrogen) atoms. The number of fused-ring (bicyclic) bond motifs is 2. The van der Waals surface area contributed by atoms with Gasteiger partial charge in [-0.1, -0.05) is 12.1 Å². The third kappa shape index (κ3) is 3.46. The van der Waals surface area contributed by atoms with Gasteiger partial charge in [-0.2, -0.15) is 0 Å². The van der Waals surface area contributed by atoms with Crippen molar-refractivity contribution in [3.05, 3.63) is 66.0 Å². The van der Waals surface area contributed by atoms with Crippen molar-refractivity contribution in [2.45, 2.75) is 0 Å². The van der Waals surface area contributed by atoms with Gasteiger partial charge in [0.05, 0.1) is 6.07 Å². The van der Waals surface area contributed by atoms with E-state index in [9.17, 15) is 0 Å². The molecule has 0 unspecified atom stereocenters. The molecule has 0 atom stereocenters. The number of rotatable bonds is 3. The van der Waals surface area contributed by atoms with Crippen molar-refractivity contribution in [1.82, 2.24) is 4.58 Å². The van der Waals surface area contributed by atoms with E-state index in [4.69, 9.17) is 4.42 Å². The molecular weight excluding hydrogens is 358 g/mol. The Balaban J connectivity index is 2.07. The van der Waals surface area contributed by atoms with E-state index in [1.54, 1.807) is 0 Å². The summed E-state index contributed by atoms with van der Waals surface area (Å²) >= 11 is 0. The molecule has 1 heterocycles. The van der Waals surface area contributed by atoms with E-state index in [0.717, 1.165) is 33.3 Å². The first-order chi connectivity index (χ1) is 13.8. The highest BCUT2D eigenvalue weighted by Crippen LogP contribution is 2.40. The first kappa shape index (κ1) is 19.1. The Bertz CT molecular complexity index is 1210. The van der Waals surface area contributed by atoms with Crippen LogP contribution >= 0.6 is 0 Å². The van der Waals surface area contributed by atoms with Gasteiger partial charge in [-0.3, -0.25) is 0 Å². The fourth-order valence-electron chi connectivity index (χ4n) is 3.66. The van der Waals surface area contributed by atoms with Gasteiger partial charge < -0.3 is 14.2 Å². The molecule has 0 fully saturated rings. The molecule has 0 N–H and O–H groups in total. The van der Waals surface area contributed by atoms with Gasteiger partial charge in [0, 0.05) is 68.2 Å². The minimum Gasteiger partial charge on any atom is -0.456 e. The van der Waals surface area contributed by atoms with Crippen molar-refractivity contribution in [2.24, 2.45) is 0 Å². The minimum absolute atomic E-state index is 0.895. The molecule has 1 aliphatic heterocycles. The van der Waals surface area contributed by atoms with Crippen molar-refractivity contribution in [3.8, 4) is 22.5 Å². The SMILES string of the molecule is CN(C)c1ccc(-c2c3ccc(=[N+](C)C)cc-3oc3cc(N(C)C)ccc23)cc1. The zero-order chi connectivity index (χ0) is 20.7. The van der Waals surface area contributed by atoms with Gasteiger partial charge in [-0.25, -0.2) is 4.58 Å². The smallest absolute Gasteiger partial charge is 0.203 e. The molecule has 0 spiro atoms. The fraction of sp³-hybridized carbons (Fsp3) is 0.240. The summed E-state index contributed by atoms with van der Waals surface area (Å²) in [5.74, 6) is 0.895. The highest BCUT2D eigenvalue weighted by molar-refractivity contribution is 6.02.